The van der Waals surface area contributed by atoms with Crippen LogP contribution in [0, 0.1) is 5.41 Å². The number of nitrogens with zero attached hydrogens (tertiary/aromatic N) is 1. The summed E-state index contributed by atoms with van der Waals surface area (Å²) in [6, 6.07) is 32.4. The number of thioether (sulfide) groups is 1. The minimum atomic E-state index is -0.948. The van der Waals surface area contributed by atoms with Crippen LogP contribution in [-0.4, -0.2) is 38.4 Å². The summed E-state index contributed by atoms with van der Waals surface area (Å²) >= 11 is 3.34. The van der Waals surface area contributed by atoms with Crippen molar-refractivity contribution in [1.29, 1.82) is 0 Å². The van der Waals surface area contributed by atoms with Crippen molar-refractivity contribution in [2.24, 2.45) is 5.41 Å². The Morgan fingerprint density at radius 3 is 2.54 bits per heavy atom. The number of aromatic nitrogens is 1. The van der Waals surface area contributed by atoms with Crippen LogP contribution in [-0.2, 0) is 6.42 Å². The molecule has 0 spiro atoms. The van der Waals surface area contributed by atoms with Gasteiger partial charge in [-0.3, -0.25) is 4.79 Å². The van der Waals surface area contributed by atoms with Gasteiger partial charge in [0.05, 0.1) is 21.9 Å². The number of carbonyl (C=O) groups excluding carboxylic acids is 1. The number of thiazole rings is 1. The number of allylic oxidation sites excluding steroid dienone is 2. The van der Waals surface area contributed by atoms with Gasteiger partial charge in [0.15, 0.2) is 10.1 Å². The molecule has 2 bridgehead atoms. The van der Waals surface area contributed by atoms with Gasteiger partial charge in [0.2, 0.25) is 0 Å². The van der Waals surface area contributed by atoms with Gasteiger partial charge >= 0.3 is 0 Å². The van der Waals surface area contributed by atoms with Crippen LogP contribution in [0.2, 0.25) is 0 Å². The summed E-state index contributed by atoms with van der Waals surface area (Å²) in [5, 5.41) is 23.7. The van der Waals surface area contributed by atoms with E-state index < -0.39 is 17.1 Å². The average molecular weight is 674 g/mol. The predicted molar refractivity (Wildman–Crippen MR) is 199 cm³/mol. The minimum absolute atomic E-state index is 0.00901. The van der Waals surface area contributed by atoms with Crippen molar-refractivity contribution in [1.82, 2.24) is 4.98 Å². The lowest BCUT2D eigenvalue weighted by atomic mass is 9.65. The standard InChI is InChI=1S/C42H43NO3S2/c1-28-11-10-23-41(2)36(22-24-42(41,46)27-47-40-43-37-16-8-9-17-38(37)48-40)33-21-19-29(25-31(44)20-18-28)26-35(33)39(45)34-15-7-6-14-32(34)30-12-4-3-5-13-30/h3-9,11-17,19,21,26,31,36,44,46H,10,18,20,22-25,27H2,1-2H3/t31-,36-,41-,42+/m0/s1. The number of para-hydroxylation sites is 1. The number of rotatable bonds is 6. The van der Waals surface area contributed by atoms with Crippen molar-refractivity contribution < 1.29 is 15.0 Å². The highest BCUT2D eigenvalue weighted by atomic mass is 32.2. The molecule has 3 aliphatic carbocycles. The van der Waals surface area contributed by atoms with Gasteiger partial charge in [0, 0.05) is 22.3 Å². The fourth-order valence-electron chi connectivity index (χ4n) is 7.96. The Balaban J connectivity index is 1.30. The number of ketones is 1. The Morgan fingerprint density at radius 1 is 0.938 bits per heavy atom. The molecule has 0 radical (unpaired) electrons. The molecule has 0 amide bonds. The largest absolute Gasteiger partial charge is 0.393 e. The van der Waals surface area contributed by atoms with Crippen LogP contribution in [0.4, 0.5) is 0 Å². The third-order valence-corrected chi connectivity index (χ3v) is 13.3. The number of hydrogen-bond donors (Lipinski definition) is 2. The third kappa shape index (κ3) is 6.44. The highest BCUT2D eigenvalue weighted by Crippen LogP contribution is 2.60. The highest BCUT2D eigenvalue weighted by Gasteiger charge is 2.56. The number of carbonyl (C=O) groups is 1. The molecule has 3 aliphatic rings. The Hall–Kier alpha value is -3.55. The molecule has 4 aromatic carbocycles. The molecule has 0 aliphatic heterocycles. The van der Waals surface area contributed by atoms with Gasteiger partial charge in [-0.25, -0.2) is 4.98 Å². The van der Waals surface area contributed by atoms with E-state index in [4.69, 9.17) is 4.98 Å². The summed E-state index contributed by atoms with van der Waals surface area (Å²) in [5.74, 6) is 0.523. The summed E-state index contributed by atoms with van der Waals surface area (Å²) in [5.41, 5.74) is 6.08. The topological polar surface area (TPSA) is 70.4 Å². The maximum atomic E-state index is 14.8. The lowest BCUT2D eigenvalue weighted by Crippen LogP contribution is -2.46. The first-order chi connectivity index (χ1) is 23.2. The summed E-state index contributed by atoms with van der Waals surface area (Å²) < 4.78 is 2.13. The van der Waals surface area contributed by atoms with Gasteiger partial charge < -0.3 is 10.2 Å². The molecule has 246 valence electrons. The van der Waals surface area contributed by atoms with Crippen LogP contribution < -0.4 is 0 Å². The molecule has 1 saturated carbocycles. The molecule has 8 rings (SSSR count). The Bertz CT molecular complexity index is 1930. The third-order valence-electron chi connectivity index (χ3n) is 10.9. The van der Waals surface area contributed by atoms with Gasteiger partial charge in [0.1, 0.15) is 0 Å². The number of benzene rings is 4. The SMILES string of the molecule is CC1=CCC[C@@]2(C)[C@@H](CC[C@@]2(O)CSc2nc3ccccc3s2)c2ccc(cc2C(=O)c2ccccc2-c2ccccc2)C[C@@H](O)CC1. The van der Waals surface area contributed by atoms with Crippen LogP contribution in [0.3, 0.4) is 0 Å². The van der Waals surface area contributed by atoms with E-state index in [0.717, 1.165) is 62.5 Å². The molecule has 0 unspecified atom stereocenters. The van der Waals surface area contributed by atoms with Crippen molar-refractivity contribution in [3.05, 3.63) is 131 Å². The van der Waals surface area contributed by atoms with Crippen molar-refractivity contribution in [3.8, 4) is 11.1 Å². The van der Waals surface area contributed by atoms with Crippen molar-refractivity contribution >= 4 is 39.1 Å². The van der Waals surface area contributed by atoms with Gasteiger partial charge in [-0.1, -0.05) is 109 Å². The molecule has 6 heteroatoms. The predicted octanol–water partition coefficient (Wildman–Crippen LogP) is 10.0. The fourth-order valence-corrected chi connectivity index (χ4v) is 10.3. The zero-order valence-corrected chi connectivity index (χ0v) is 29.3. The Morgan fingerprint density at radius 2 is 1.71 bits per heavy atom. The van der Waals surface area contributed by atoms with Crippen LogP contribution in [0.15, 0.2) is 113 Å². The Kier molecular flexibility index (Phi) is 9.45. The lowest BCUT2D eigenvalue weighted by Gasteiger charge is -2.44. The normalized spacial score (nSPS) is 24.6. The molecule has 5 aromatic rings. The number of aliphatic hydroxyl groups excluding tert-OH is 1. The zero-order valence-electron chi connectivity index (χ0n) is 27.7. The van der Waals surface area contributed by atoms with Gasteiger partial charge in [-0.15, -0.1) is 11.3 Å². The number of hydrogen-bond acceptors (Lipinski definition) is 6. The van der Waals surface area contributed by atoms with Crippen LogP contribution in [0.5, 0.6) is 0 Å². The Labute approximate surface area is 292 Å². The van der Waals surface area contributed by atoms with Crippen LogP contribution in [0.1, 0.15) is 85.3 Å². The zero-order chi connectivity index (χ0) is 33.3. The minimum Gasteiger partial charge on any atom is -0.393 e. The quantitative estimate of drug-likeness (QED) is 0.107. The summed E-state index contributed by atoms with van der Waals surface area (Å²) in [7, 11) is 0. The molecular formula is C42H43NO3S2. The molecule has 48 heavy (non-hydrogen) atoms. The van der Waals surface area contributed by atoms with E-state index in [1.807, 2.05) is 78.9 Å². The van der Waals surface area contributed by atoms with Crippen molar-refractivity contribution in [2.45, 2.75) is 80.8 Å². The molecule has 1 fully saturated rings. The average Bonchev–Trinajstić information content (AvgIpc) is 3.64. The summed E-state index contributed by atoms with van der Waals surface area (Å²) in [6.45, 7) is 4.40. The van der Waals surface area contributed by atoms with E-state index in [9.17, 15) is 15.0 Å². The second kappa shape index (κ2) is 13.8. The smallest absolute Gasteiger partial charge is 0.193 e. The van der Waals surface area contributed by atoms with E-state index in [1.54, 1.807) is 23.1 Å². The summed E-state index contributed by atoms with van der Waals surface area (Å²) in [6.07, 6.45) is 6.89. The van der Waals surface area contributed by atoms with E-state index in [0.29, 0.717) is 36.1 Å². The first-order valence-corrected chi connectivity index (χ1v) is 18.9. The van der Waals surface area contributed by atoms with Crippen molar-refractivity contribution in [2.75, 3.05) is 5.75 Å². The summed E-state index contributed by atoms with van der Waals surface area (Å²) in [4.78, 5) is 19.7. The molecule has 1 heterocycles. The van der Waals surface area contributed by atoms with Crippen LogP contribution >= 0.6 is 23.1 Å². The molecular weight excluding hydrogens is 631 g/mol. The van der Waals surface area contributed by atoms with E-state index >= 15 is 0 Å². The second-order valence-corrected chi connectivity index (χ2v) is 16.2. The molecule has 2 N–H and O–H groups in total. The first kappa shape index (κ1) is 33.0. The molecule has 4 nitrogen and oxygen atoms in total. The van der Waals surface area contributed by atoms with Gasteiger partial charge in [0.25, 0.3) is 0 Å². The lowest BCUT2D eigenvalue weighted by molar-refractivity contribution is -0.0422. The van der Waals surface area contributed by atoms with E-state index in [-0.39, 0.29) is 11.7 Å². The highest BCUT2D eigenvalue weighted by molar-refractivity contribution is 8.01. The maximum Gasteiger partial charge on any atom is 0.193 e. The van der Waals surface area contributed by atoms with Gasteiger partial charge in [-0.2, -0.15) is 0 Å². The molecule has 0 saturated heterocycles. The number of aliphatic hydroxyl groups is 2. The van der Waals surface area contributed by atoms with E-state index in [1.165, 1.54) is 5.57 Å². The molecule has 4 atom stereocenters. The maximum absolute atomic E-state index is 14.8. The first-order valence-electron chi connectivity index (χ1n) is 17.1. The van der Waals surface area contributed by atoms with Crippen LogP contribution in [0.25, 0.3) is 21.3 Å². The van der Waals surface area contributed by atoms with Crippen molar-refractivity contribution in [3.63, 3.8) is 0 Å². The fraction of sp³-hybridized carbons (Fsp3) is 0.333. The number of fused-ring (bicyclic) bond motifs is 9. The second-order valence-electron chi connectivity index (χ2n) is 13.9. The van der Waals surface area contributed by atoms with Gasteiger partial charge in [-0.05, 0) is 98.2 Å². The molecule has 1 aromatic heterocycles. The van der Waals surface area contributed by atoms with E-state index in [2.05, 4.69) is 38.1 Å². The monoisotopic (exact) mass is 673 g/mol.